The van der Waals surface area contributed by atoms with Gasteiger partial charge in [0.15, 0.2) is 0 Å². The van der Waals surface area contributed by atoms with Gasteiger partial charge in [-0.1, -0.05) is 11.6 Å². The molecule has 0 saturated carbocycles. The number of aliphatic hydroxyl groups excluding tert-OH is 1. The number of nitro groups is 1. The quantitative estimate of drug-likeness (QED) is 0.624. The average Bonchev–Trinajstić information content (AvgIpc) is 2.21. The number of non-ortho nitro benzene ring substituents is 1. The third-order valence-electron chi connectivity index (χ3n) is 1.69. The summed E-state index contributed by atoms with van der Waals surface area (Å²) in [7, 11) is 0. The zero-order valence-corrected chi connectivity index (χ0v) is 8.73. The molecule has 0 aromatic heterocycles. The number of ether oxygens (including phenoxy) is 1. The first kappa shape index (κ1) is 10.2. The highest BCUT2D eigenvalue weighted by Crippen LogP contribution is 2.29. The second-order valence-electron chi connectivity index (χ2n) is 2.97. The second kappa shape index (κ2) is 4.95. The Hall–Kier alpha value is -1.33. The maximum Gasteiger partial charge on any atom is 0.273 e. The first-order chi connectivity index (χ1) is 7.54. The summed E-state index contributed by atoms with van der Waals surface area (Å²) in [6.07, 6.45) is -0.406. The van der Waals surface area contributed by atoms with Gasteiger partial charge in [-0.3, -0.25) is 10.1 Å². The fraction of sp³-hybridized carbons (Fsp3) is 0.333. The van der Waals surface area contributed by atoms with Gasteiger partial charge in [0, 0.05) is 6.07 Å². The SMILES string of the molecule is [3H]OC[C@H](C)Oc1cc([N+](=O)[O-])ccc1Cl. The van der Waals surface area contributed by atoms with E-state index in [-0.39, 0.29) is 23.1 Å². The van der Waals surface area contributed by atoms with Gasteiger partial charge in [0.25, 0.3) is 5.69 Å². The summed E-state index contributed by atoms with van der Waals surface area (Å²) in [6, 6.07) is 3.92. The monoisotopic (exact) mass is 233 g/mol. The predicted molar refractivity (Wildman–Crippen MR) is 55.3 cm³/mol. The van der Waals surface area contributed by atoms with Crippen molar-refractivity contribution in [2.75, 3.05) is 6.61 Å². The maximum absolute atomic E-state index is 10.5. The van der Waals surface area contributed by atoms with Crippen LogP contribution in [0.3, 0.4) is 0 Å². The summed E-state index contributed by atoms with van der Waals surface area (Å²) in [4.78, 5) is 10.00. The molecule has 5 nitrogen and oxygen atoms in total. The van der Waals surface area contributed by atoms with E-state index in [1.165, 1.54) is 18.2 Å². The number of halogens is 1. The van der Waals surface area contributed by atoms with Crippen LogP contribution in [-0.4, -0.2) is 24.2 Å². The Bertz CT molecular complexity index is 388. The number of hydrogen-bond acceptors (Lipinski definition) is 4. The fourth-order valence-corrected chi connectivity index (χ4v) is 1.11. The Morgan fingerprint density at radius 3 is 3.13 bits per heavy atom. The van der Waals surface area contributed by atoms with Gasteiger partial charge in [0.1, 0.15) is 11.9 Å². The van der Waals surface area contributed by atoms with Gasteiger partial charge < -0.3 is 9.85 Å². The van der Waals surface area contributed by atoms with Gasteiger partial charge in [-0.15, -0.1) is 0 Å². The first-order valence-electron chi connectivity index (χ1n) is 4.64. The molecule has 1 aromatic rings. The van der Waals surface area contributed by atoms with Crippen molar-refractivity contribution in [1.82, 2.24) is 0 Å². The molecular weight excluding hydrogens is 222 g/mol. The van der Waals surface area contributed by atoms with Crippen molar-refractivity contribution >= 4 is 17.3 Å². The van der Waals surface area contributed by atoms with Crippen molar-refractivity contribution < 1.29 is 14.8 Å². The summed E-state index contributed by atoms with van der Waals surface area (Å²) in [6.45, 7) is 1.72. The third-order valence-corrected chi connectivity index (χ3v) is 2.00. The molecule has 0 aliphatic rings. The van der Waals surface area contributed by atoms with Gasteiger partial charge in [0.2, 0.25) is 1.43 Å². The zero-order valence-electron chi connectivity index (χ0n) is 8.97. The van der Waals surface area contributed by atoms with Crippen molar-refractivity contribution in [2.45, 2.75) is 13.0 Å². The number of nitro benzene ring substituents is 1. The third kappa shape index (κ3) is 3.07. The molecule has 0 aliphatic heterocycles. The molecule has 0 fully saturated rings. The number of rotatable bonds is 5. The molecule has 0 spiro atoms. The van der Waals surface area contributed by atoms with E-state index in [9.17, 15) is 10.1 Å². The zero-order chi connectivity index (χ0) is 12.1. The number of nitrogens with zero attached hydrogens (tertiary/aromatic N) is 1. The van der Waals surface area contributed by atoms with Crippen molar-refractivity contribution in [3.8, 4) is 5.75 Å². The lowest BCUT2D eigenvalue weighted by Crippen LogP contribution is -2.16. The van der Waals surface area contributed by atoms with E-state index in [0.717, 1.165) is 0 Å². The van der Waals surface area contributed by atoms with Gasteiger partial charge in [-0.25, -0.2) is 0 Å². The Labute approximate surface area is 92.9 Å². The molecule has 6 heteroatoms. The standard InChI is InChI=1S/C9H10ClNO4/c1-6(5-12)15-9-4-7(11(13)14)2-3-8(9)10/h2-4,6,12H,5H2,1H3/t6-/m0/s1/i12T. The normalized spacial score (nSPS) is 13.1. The Morgan fingerprint density at radius 2 is 2.53 bits per heavy atom. The Balaban J connectivity index is 2.85. The average molecular weight is 234 g/mol. The van der Waals surface area contributed by atoms with E-state index in [0.29, 0.717) is 0 Å². The van der Waals surface area contributed by atoms with Crippen LogP contribution >= 0.6 is 11.6 Å². The highest BCUT2D eigenvalue weighted by molar-refractivity contribution is 6.32. The minimum Gasteiger partial charge on any atom is -0.486 e. The van der Waals surface area contributed by atoms with Gasteiger partial charge >= 0.3 is 0 Å². The highest BCUT2D eigenvalue weighted by atomic mass is 35.5. The number of hydrogen-bond donors (Lipinski definition) is 1. The smallest absolute Gasteiger partial charge is 0.273 e. The van der Waals surface area contributed by atoms with Crippen LogP contribution in [0.1, 0.15) is 6.92 Å². The molecule has 0 saturated heterocycles. The van der Waals surface area contributed by atoms with E-state index in [1.807, 2.05) is 0 Å². The minimum absolute atomic E-state index is 0.0546. The number of benzene rings is 1. The van der Waals surface area contributed by atoms with Crippen LogP contribution in [0.4, 0.5) is 5.69 Å². The largest absolute Gasteiger partial charge is 0.486 e. The van der Waals surface area contributed by atoms with Crippen molar-refractivity contribution in [3.63, 3.8) is 0 Å². The van der Waals surface area contributed by atoms with Gasteiger partial charge in [0.05, 0.1) is 22.6 Å². The lowest BCUT2D eigenvalue weighted by atomic mass is 10.3. The molecule has 1 atom stereocenters. The summed E-state index contributed by atoms with van der Waals surface area (Å²) < 4.78 is 11.8. The molecule has 1 N–H and O–H groups in total. The minimum atomic E-state index is -0.533. The van der Waals surface area contributed by atoms with E-state index in [2.05, 4.69) is 5.11 Å². The molecule has 0 unspecified atom stereocenters. The van der Waals surface area contributed by atoms with Crippen LogP contribution in [0.2, 0.25) is 5.02 Å². The van der Waals surface area contributed by atoms with Crippen LogP contribution < -0.4 is 4.74 Å². The molecule has 0 radical (unpaired) electrons. The molecule has 15 heavy (non-hydrogen) atoms. The molecule has 0 bridgehead atoms. The molecule has 0 amide bonds. The van der Waals surface area contributed by atoms with Crippen LogP contribution in [0.5, 0.6) is 5.75 Å². The van der Waals surface area contributed by atoms with Crippen LogP contribution in [0.25, 0.3) is 0 Å². The predicted octanol–water partition coefficient (Wildman–Crippen LogP) is 2.01. The van der Waals surface area contributed by atoms with Crippen LogP contribution in [0, 0.1) is 10.1 Å². The van der Waals surface area contributed by atoms with Crippen molar-refractivity contribution in [3.05, 3.63) is 33.3 Å². The summed E-state index contributed by atoms with van der Waals surface area (Å²) in [5.41, 5.74) is -0.0987. The molecule has 0 aliphatic carbocycles. The highest BCUT2D eigenvalue weighted by Gasteiger charge is 2.12. The van der Waals surface area contributed by atoms with E-state index in [4.69, 9.17) is 17.8 Å². The van der Waals surface area contributed by atoms with Crippen molar-refractivity contribution in [2.24, 2.45) is 0 Å². The van der Waals surface area contributed by atoms with Crippen LogP contribution in [-0.2, 0) is 0 Å². The van der Waals surface area contributed by atoms with E-state index in [1.54, 1.807) is 6.92 Å². The van der Waals surface area contributed by atoms with E-state index < -0.39 is 11.0 Å². The summed E-state index contributed by atoms with van der Waals surface area (Å²) in [5.74, 6) is 0.209. The Kier molecular flexibility index (Phi) is 3.37. The van der Waals surface area contributed by atoms with Crippen LogP contribution in [0.15, 0.2) is 18.2 Å². The maximum atomic E-state index is 10.5. The van der Waals surface area contributed by atoms with Crippen molar-refractivity contribution in [1.29, 1.82) is 1.43 Å². The molecule has 0 heterocycles. The van der Waals surface area contributed by atoms with Gasteiger partial charge in [-0.2, -0.15) is 0 Å². The second-order valence-corrected chi connectivity index (χ2v) is 3.37. The first-order valence-corrected chi connectivity index (χ1v) is 4.61. The number of aliphatic hydroxyl groups is 1. The summed E-state index contributed by atoms with van der Waals surface area (Å²) >= 11 is 5.81. The fourth-order valence-electron chi connectivity index (χ4n) is 0.947. The molecule has 1 aromatic carbocycles. The lowest BCUT2D eigenvalue weighted by Gasteiger charge is -2.12. The topological polar surface area (TPSA) is 72.6 Å². The Morgan fingerprint density at radius 1 is 1.80 bits per heavy atom. The van der Waals surface area contributed by atoms with Gasteiger partial charge in [-0.05, 0) is 13.0 Å². The molecule has 1 rings (SSSR count). The lowest BCUT2D eigenvalue weighted by molar-refractivity contribution is -0.384. The summed E-state index contributed by atoms with van der Waals surface area (Å²) in [5, 5.41) is 14.9. The molecule has 82 valence electrons. The molecular formula is C9H10ClNO4. The van der Waals surface area contributed by atoms with E-state index >= 15 is 0 Å².